The monoisotopic (exact) mass is 275 g/mol. The van der Waals surface area contributed by atoms with E-state index in [-0.39, 0.29) is 5.56 Å². The summed E-state index contributed by atoms with van der Waals surface area (Å²) in [6.07, 6.45) is 0. The van der Waals surface area contributed by atoms with Crippen LogP contribution in [-0.4, -0.2) is 31.2 Å². The molecule has 0 unspecified atom stereocenters. The van der Waals surface area contributed by atoms with E-state index in [0.29, 0.717) is 6.07 Å². The number of carbonyl (C=O) groups is 2. The van der Waals surface area contributed by atoms with Crippen LogP contribution in [0.1, 0.15) is 15.9 Å². The van der Waals surface area contributed by atoms with Gasteiger partial charge in [0.05, 0.1) is 10.5 Å². The molecule has 18 heavy (non-hydrogen) atoms. The molecule has 0 bridgehead atoms. The lowest BCUT2D eigenvalue weighted by atomic mass is 10.1. The fourth-order valence-corrected chi connectivity index (χ4v) is 2.54. The first-order valence-electron chi connectivity index (χ1n) is 4.69. The van der Waals surface area contributed by atoms with Crippen molar-refractivity contribution in [3.8, 4) is 0 Å². The van der Waals surface area contributed by atoms with Gasteiger partial charge in [0.25, 0.3) is 0 Å². The maximum absolute atomic E-state index is 13.4. The number of primary amides is 1. The number of sulfone groups is 1. The molecule has 0 saturated carbocycles. The van der Waals surface area contributed by atoms with Crippen LogP contribution < -0.4 is 5.73 Å². The van der Waals surface area contributed by atoms with Crippen molar-refractivity contribution in [1.29, 1.82) is 0 Å². The summed E-state index contributed by atoms with van der Waals surface area (Å²) in [5.74, 6) is -4.64. The minimum atomic E-state index is -4.06. The summed E-state index contributed by atoms with van der Waals surface area (Å²) < 4.78 is 36.7. The van der Waals surface area contributed by atoms with Crippen LogP contribution in [0.4, 0.5) is 4.39 Å². The third kappa shape index (κ3) is 2.83. The van der Waals surface area contributed by atoms with Crippen LogP contribution in [0, 0.1) is 12.7 Å². The number of halogens is 1. The molecule has 0 aromatic heterocycles. The molecule has 0 radical (unpaired) electrons. The molecule has 0 spiro atoms. The highest BCUT2D eigenvalue weighted by Crippen LogP contribution is 2.20. The van der Waals surface area contributed by atoms with E-state index in [9.17, 15) is 22.4 Å². The van der Waals surface area contributed by atoms with E-state index in [4.69, 9.17) is 10.8 Å². The molecule has 8 heteroatoms. The molecular formula is C10H10FNO5S. The van der Waals surface area contributed by atoms with Crippen molar-refractivity contribution in [2.45, 2.75) is 11.8 Å². The third-order valence-electron chi connectivity index (χ3n) is 2.15. The molecule has 6 nitrogen and oxygen atoms in total. The maximum atomic E-state index is 13.4. The molecule has 0 atom stereocenters. The van der Waals surface area contributed by atoms with E-state index < -0.39 is 43.7 Å². The van der Waals surface area contributed by atoms with Crippen LogP contribution in [-0.2, 0) is 14.6 Å². The second kappa shape index (κ2) is 4.73. The molecule has 98 valence electrons. The van der Waals surface area contributed by atoms with Gasteiger partial charge in [0.2, 0.25) is 5.91 Å². The Bertz CT molecular complexity index is 623. The number of carbonyl (C=O) groups excluding carboxylic acids is 1. The number of benzene rings is 1. The highest BCUT2D eigenvalue weighted by atomic mass is 32.2. The summed E-state index contributed by atoms with van der Waals surface area (Å²) >= 11 is 0. The maximum Gasteiger partial charge on any atom is 0.338 e. The molecule has 0 aliphatic carbocycles. The standard InChI is InChI=1S/C10H10FNO5S/c1-5-2-6(18(16,17)4-8(12)13)3-7(9(5)11)10(14)15/h2-3H,4H2,1H3,(H2,12,13)(H,14,15). The second-order valence-electron chi connectivity index (χ2n) is 3.63. The lowest BCUT2D eigenvalue weighted by Crippen LogP contribution is -2.23. The molecule has 3 N–H and O–H groups in total. The lowest BCUT2D eigenvalue weighted by molar-refractivity contribution is -0.115. The highest BCUT2D eigenvalue weighted by Gasteiger charge is 2.22. The number of aryl methyl sites for hydroxylation is 1. The minimum Gasteiger partial charge on any atom is -0.478 e. The van der Waals surface area contributed by atoms with Crippen molar-refractivity contribution in [2.24, 2.45) is 5.73 Å². The first-order chi connectivity index (χ1) is 8.15. The Hall–Kier alpha value is -1.96. The molecule has 1 aromatic rings. The molecular weight excluding hydrogens is 265 g/mol. The van der Waals surface area contributed by atoms with E-state index in [1.54, 1.807) is 0 Å². The fraction of sp³-hybridized carbons (Fsp3) is 0.200. The molecule has 0 aliphatic rings. The fourth-order valence-electron chi connectivity index (χ4n) is 1.34. The molecule has 1 amide bonds. The second-order valence-corrected chi connectivity index (χ2v) is 5.62. The molecule has 0 fully saturated rings. The zero-order chi connectivity index (χ0) is 14.1. The van der Waals surface area contributed by atoms with Crippen molar-refractivity contribution in [2.75, 3.05) is 5.75 Å². The van der Waals surface area contributed by atoms with Gasteiger partial charge in [-0.25, -0.2) is 17.6 Å². The minimum absolute atomic E-state index is 0.141. The van der Waals surface area contributed by atoms with Crippen LogP contribution in [0.3, 0.4) is 0 Å². The largest absolute Gasteiger partial charge is 0.478 e. The average molecular weight is 275 g/mol. The van der Waals surface area contributed by atoms with E-state index >= 15 is 0 Å². The number of amides is 1. The van der Waals surface area contributed by atoms with E-state index in [1.807, 2.05) is 0 Å². The molecule has 0 aliphatic heterocycles. The van der Waals surface area contributed by atoms with Gasteiger partial charge in [-0.1, -0.05) is 0 Å². The Kier molecular flexibility index (Phi) is 3.70. The third-order valence-corrected chi connectivity index (χ3v) is 3.77. The van der Waals surface area contributed by atoms with Crippen molar-refractivity contribution in [1.82, 2.24) is 0 Å². The number of rotatable bonds is 4. The summed E-state index contributed by atoms with van der Waals surface area (Å²) in [5.41, 5.74) is 3.87. The zero-order valence-electron chi connectivity index (χ0n) is 9.31. The van der Waals surface area contributed by atoms with Gasteiger partial charge in [0, 0.05) is 0 Å². The van der Waals surface area contributed by atoms with Gasteiger partial charge in [0.1, 0.15) is 11.6 Å². The SMILES string of the molecule is Cc1cc(S(=O)(=O)CC(N)=O)cc(C(=O)O)c1F. The van der Waals surface area contributed by atoms with Crippen molar-refractivity contribution >= 4 is 21.7 Å². The smallest absolute Gasteiger partial charge is 0.338 e. The summed E-state index contributed by atoms with van der Waals surface area (Å²) in [6, 6.07) is 1.63. The number of aromatic carboxylic acids is 1. The molecule has 1 aromatic carbocycles. The molecule has 0 saturated heterocycles. The quantitative estimate of drug-likeness (QED) is 0.756. The summed E-state index contributed by atoms with van der Waals surface area (Å²) in [4.78, 5) is 20.9. The molecule has 1 rings (SSSR count). The van der Waals surface area contributed by atoms with Gasteiger partial charge >= 0.3 is 5.97 Å². The van der Waals surface area contributed by atoms with Crippen LogP contribution >= 0.6 is 0 Å². The Morgan fingerprint density at radius 2 is 1.94 bits per heavy atom. The Labute approximate surface area is 102 Å². The lowest BCUT2D eigenvalue weighted by Gasteiger charge is -2.07. The number of carboxylic acid groups (broad SMARTS) is 1. The van der Waals surface area contributed by atoms with Gasteiger partial charge in [-0.05, 0) is 24.6 Å². The Balaban J connectivity index is 3.45. The normalized spacial score (nSPS) is 11.2. The summed E-state index contributed by atoms with van der Waals surface area (Å²) in [6.45, 7) is 1.23. The number of hydrogen-bond donors (Lipinski definition) is 2. The average Bonchev–Trinajstić information content (AvgIpc) is 2.19. The predicted molar refractivity (Wildman–Crippen MR) is 59.3 cm³/mol. The van der Waals surface area contributed by atoms with Gasteiger partial charge in [-0.15, -0.1) is 0 Å². The van der Waals surface area contributed by atoms with Crippen LogP contribution in [0.15, 0.2) is 17.0 Å². The van der Waals surface area contributed by atoms with Gasteiger partial charge in [0.15, 0.2) is 9.84 Å². The van der Waals surface area contributed by atoms with Crippen molar-refractivity contribution < 1.29 is 27.5 Å². The van der Waals surface area contributed by atoms with Crippen LogP contribution in [0.5, 0.6) is 0 Å². The molecule has 0 heterocycles. The van der Waals surface area contributed by atoms with E-state index in [2.05, 4.69) is 0 Å². The van der Waals surface area contributed by atoms with Gasteiger partial charge in [-0.3, -0.25) is 4.79 Å². The van der Waals surface area contributed by atoms with Crippen LogP contribution in [0.25, 0.3) is 0 Å². The van der Waals surface area contributed by atoms with Crippen molar-refractivity contribution in [3.05, 3.63) is 29.1 Å². The summed E-state index contributed by atoms with van der Waals surface area (Å²) in [5, 5.41) is 8.74. The van der Waals surface area contributed by atoms with E-state index in [1.165, 1.54) is 6.92 Å². The first-order valence-corrected chi connectivity index (χ1v) is 6.35. The summed E-state index contributed by atoms with van der Waals surface area (Å²) in [7, 11) is -4.06. The number of nitrogens with two attached hydrogens (primary N) is 1. The zero-order valence-corrected chi connectivity index (χ0v) is 10.1. The highest BCUT2D eigenvalue weighted by molar-refractivity contribution is 7.92. The Morgan fingerprint density at radius 1 is 1.39 bits per heavy atom. The van der Waals surface area contributed by atoms with Crippen LogP contribution in [0.2, 0.25) is 0 Å². The van der Waals surface area contributed by atoms with Gasteiger partial charge in [-0.2, -0.15) is 0 Å². The number of hydrogen-bond acceptors (Lipinski definition) is 4. The first kappa shape index (κ1) is 14.1. The van der Waals surface area contributed by atoms with E-state index in [0.717, 1.165) is 6.07 Å². The van der Waals surface area contributed by atoms with Crippen molar-refractivity contribution in [3.63, 3.8) is 0 Å². The Morgan fingerprint density at radius 3 is 2.39 bits per heavy atom. The predicted octanol–water partition coefficient (Wildman–Crippen LogP) is 0.0913. The van der Waals surface area contributed by atoms with Gasteiger partial charge < -0.3 is 10.8 Å². The number of carboxylic acids is 1. The topological polar surface area (TPSA) is 115 Å².